The topological polar surface area (TPSA) is 98.8 Å². The average molecular weight is 199 g/mol. The Morgan fingerprint density at radius 3 is 2.50 bits per heavy atom. The molecule has 0 amide bonds. The molecule has 0 aromatic rings. The van der Waals surface area contributed by atoms with Gasteiger partial charge in [-0.05, 0) is 0 Å². The molecule has 7 nitrogen and oxygen atoms in total. The van der Waals surface area contributed by atoms with Crippen LogP contribution in [0, 0.1) is 0 Å². The molecule has 1 aliphatic rings. The van der Waals surface area contributed by atoms with E-state index in [1.54, 1.807) is 6.08 Å². The van der Waals surface area contributed by atoms with Gasteiger partial charge in [-0.1, -0.05) is 6.08 Å². The summed E-state index contributed by atoms with van der Waals surface area (Å²) in [5.74, 6) is -2.49. The summed E-state index contributed by atoms with van der Waals surface area (Å²) < 4.78 is 0. The normalized spacial score (nSPS) is 17.0. The average Bonchev–Trinajstić information content (AvgIpc) is 2.01. The maximum absolute atomic E-state index is 10.2. The molecule has 0 spiro atoms. The first-order chi connectivity index (χ1) is 6.58. The molecular formula is C7H9N3O4-2. The zero-order valence-corrected chi connectivity index (χ0v) is 7.30. The molecular weight excluding hydrogens is 190 g/mol. The van der Waals surface area contributed by atoms with Crippen molar-refractivity contribution in [2.75, 3.05) is 19.6 Å². The zero-order valence-electron chi connectivity index (χ0n) is 7.30. The monoisotopic (exact) mass is 199 g/mol. The smallest absolute Gasteiger partial charge is 0.0746 e. The SMILES string of the molecule is O=C([O-])CN1C=CCN(CC(=O)[O-])N1. The van der Waals surface area contributed by atoms with Crippen molar-refractivity contribution in [3.05, 3.63) is 12.3 Å². The van der Waals surface area contributed by atoms with Crippen molar-refractivity contribution in [1.82, 2.24) is 15.6 Å². The van der Waals surface area contributed by atoms with Crippen molar-refractivity contribution in [2.45, 2.75) is 0 Å². The van der Waals surface area contributed by atoms with E-state index < -0.39 is 11.9 Å². The highest BCUT2D eigenvalue weighted by atomic mass is 16.4. The third kappa shape index (κ3) is 3.42. The van der Waals surface area contributed by atoms with Crippen molar-refractivity contribution in [2.24, 2.45) is 0 Å². The minimum atomic E-state index is -1.25. The van der Waals surface area contributed by atoms with Gasteiger partial charge in [-0.3, -0.25) is 5.01 Å². The van der Waals surface area contributed by atoms with Crippen molar-refractivity contribution in [3.8, 4) is 0 Å². The van der Waals surface area contributed by atoms with E-state index in [1.807, 2.05) is 0 Å². The molecule has 1 heterocycles. The van der Waals surface area contributed by atoms with E-state index in [9.17, 15) is 19.8 Å². The summed E-state index contributed by atoms with van der Waals surface area (Å²) in [6, 6.07) is 0. The van der Waals surface area contributed by atoms with E-state index in [2.05, 4.69) is 5.53 Å². The third-order valence-corrected chi connectivity index (χ3v) is 1.50. The van der Waals surface area contributed by atoms with Gasteiger partial charge in [0.05, 0.1) is 25.0 Å². The van der Waals surface area contributed by atoms with Gasteiger partial charge in [0.25, 0.3) is 0 Å². The number of carboxylic acid groups (broad SMARTS) is 2. The molecule has 78 valence electrons. The van der Waals surface area contributed by atoms with Crippen LogP contribution in [-0.4, -0.2) is 41.6 Å². The number of nitrogens with zero attached hydrogens (tertiary/aromatic N) is 2. The van der Waals surface area contributed by atoms with Gasteiger partial charge in [0, 0.05) is 12.7 Å². The number of hydrogen-bond donors (Lipinski definition) is 1. The molecule has 0 aliphatic carbocycles. The Hall–Kier alpha value is -1.60. The Morgan fingerprint density at radius 2 is 1.93 bits per heavy atom. The molecule has 0 radical (unpaired) electrons. The molecule has 7 heteroatoms. The van der Waals surface area contributed by atoms with Crippen LogP contribution in [0.1, 0.15) is 0 Å². The highest BCUT2D eigenvalue weighted by Gasteiger charge is 2.10. The van der Waals surface area contributed by atoms with Crippen molar-refractivity contribution in [1.29, 1.82) is 0 Å². The first-order valence-electron chi connectivity index (χ1n) is 3.92. The van der Waals surface area contributed by atoms with Gasteiger partial charge in [0.15, 0.2) is 0 Å². The molecule has 0 bridgehead atoms. The van der Waals surface area contributed by atoms with Crippen molar-refractivity contribution < 1.29 is 19.8 Å². The molecule has 1 N–H and O–H groups in total. The van der Waals surface area contributed by atoms with E-state index in [0.717, 1.165) is 0 Å². The Morgan fingerprint density at radius 1 is 1.29 bits per heavy atom. The van der Waals surface area contributed by atoms with Gasteiger partial charge in [-0.2, -0.15) is 5.53 Å². The fourth-order valence-corrected chi connectivity index (χ4v) is 1.04. The highest BCUT2D eigenvalue weighted by molar-refractivity contribution is 5.67. The maximum atomic E-state index is 10.2. The molecule has 0 unspecified atom stereocenters. The number of carbonyl (C=O) groups excluding carboxylic acids is 2. The molecule has 14 heavy (non-hydrogen) atoms. The highest BCUT2D eigenvalue weighted by Crippen LogP contribution is 1.95. The molecule has 1 aliphatic heterocycles. The molecule has 0 aromatic carbocycles. The second-order valence-electron chi connectivity index (χ2n) is 2.74. The van der Waals surface area contributed by atoms with Gasteiger partial charge in [0.1, 0.15) is 0 Å². The molecule has 0 atom stereocenters. The fourth-order valence-electron chi connectivity index (χ4n) is 1.04. The lowest BCUT2D eigenvalue weighted by atomic mass is 10.5. The molecule has 0 saturated heterocycles. The van der Waals surface area contributed by atoms with Crippen LogP contribution in [0.15, 0.2) is 12.3 Å². The lowest BCUT2D eigenvalue weighted by molar-refractivity contribution is -0.308. The predicted molar refractivity (Wildman–Crippen MR) is 40.6 cm³/mol. The quantitative estimate of drug-likeness (QED) is 0.493. The van der Waals surface area contributed by atoms with Gasteiger partial charge >= 0.3 is 0 Å². The van der Waals surface area contributed by atoms with E-state index >= 15 is 0 Å². The minimum Gasteiger partial charge on any atom is -0.549 e. The zero-order chi connectivity index (χ0) is 10.6. The van der Waals surface area contributed by atoms with Crippen LogP contribution in [0.5, 0.6) is 0 Å². The van der Waals surface area contributed by atoms with Crippen LogP contribution >= 0.6 is 0 Å². The number of carbonyl (C=O) groups is 2. The third-order valence-electron chi connectivity index (χ3n) is 1.50. The number of hydrogen-bond acceptors (Lipinski definition) is 7. The maximum Gasteiger partial charge on any atom is 0.0746 e. The van der Waals surface area contributed by atoms with Crippen LogP contribution in [0.3, 0.4) is 0 Å². The second kappa shape index (κ2) is 4.58. The van der Waals surface area contributed by atoms with Crippen LogP contribution in [0.25, 0.3) is 0 Å². The minimum absolute atomic E-state index is 0.312. The number of rotatable bonds is 4. The van der Waals surface area contributed by atoms with Gasteiger partial charge in [-0.15, -0.1) is 0 Å². The standard InChI is InChI=1S/C7H11N3O4/c11-6(12)4-9-2-1-3-10(8-9)5-7(13)14/h1-2,8H,3-5H2,(H,11,12)(H,13,14)/p-2. The summed E-state index contributed by atoms with van der Waals surface area (Å²) in [5, 5.41) is 23.0. The molecule has 0 aromatic heterocycles. The first kappa shape index (κ1) is 10.5. The van der Waals surface area contributed by atoms with E-state index in [0.29, 0.717) is 6.54 Å². The molecule has 0 fully saturated rings. The van der Waals surface area contributed by atoms with E-state index in [-0.39, 0.29) is 13.1 Å². The van der Waals surface area contributed by atoms with Crippen LogP contribution in [0.2, 0.25) is 0 Å². The predicted octanol–water partition coefficient (Wildman–Crippen LogP) is -3.96. The van der Waals surface area contributed by atoms with E-state index in [4.69, 9.17) is 0 Å². The number of nitrogens with one attached hydrogen (secondary N) is 1. The van der Waals surface area contributed by atoms with E-state index in [1.165, 1.54) is 16.2 Å². The number of aliphatic carboxylic acids is 2. The largest absolute Gasteiger partial charge is 0.549 e. The Kier molecular flexibility index (Phi) is 3.43. The van der Waals surface area contributed by atoms with Gasteiger partial charge < -0.3 is 19.8 Å². The van der Waals surface area contributed by atoms with Crippen LogP contribution < -0.4 is 15.7 Å². The van der Waals surface area contributed by atoms with Crippen molar-refractivity contribution >= 4 is 11.9 Å². The summed E-state index contributed by atoms with van der Waals surface area (Å²) >= 11 is 0. The van der Waals surface area contributed by atoms with Crippen LogP contribution in [-0.2, 0) is 9.59 Å². The lowest BCUT2D eigenvalue weighted by Crippen LogP contribution is -2.55. The van der Waals surface area contributed by atoms with Gasteiger partial charge in [-0.25, -0.2) is 5.01 Å². The summed E-state index contributed by atoms with van der Waals surface area (Å²) in [6.45, 7) is -0.286. The van der Waals surface area contributed by atoms with Crippen LogP contribution in [0.4, 0.5) is 0 Å². The van der Waals surface area contributed by atoms with Gasteiger partial charge in [0.2, 0.25) is 0 Å². The summed E-state index contributed by atoms with van der Waals surface area (Å²) in [7, 11) is 0. The second-order valence-corrected chi connectivity index (χ2v) is 2.74. The first-order valence-corrected chi connectivity index (χ1v) is 3.92. The summed E-state index contributed by atoms with van der Waals surface area (Å²) in [4.78, 5) is 20.5. The molecule has 1 rings (SSSR count). The summed E-state index contributed by atoms with van der Waals surface area (Å²) in [6.07, 6.45) is 3.13. The fraction of sp³-hybridized carbons (Fsp3) is 0.429. The summed E-state index contributed by atoms with van der Waals surface area (Å²) in [5.41, 5.74) is 2.55. The van der Waals surface area contributed by atoms with Crippen molar-refractivity contribution in [3.63, 3.8) is 0 Å². The Labute approximate surface area is 80.2 Å². The molecule has 0 saturated carbocycles. The number of carboxylic acids is 2. The number of hydrazine groups is 2. The Balaban J connectivity index is 2.43. The lowest BCUT2D eigenvalue weighted by Gasteiger charge is -2.33. The Bertz CT molecular complexity index is 266.